The molecule has 0 heterocycles. The molecule has 0 spiro atoms. The molecule has 456 valence electrons. The lowest BCUT2D eigenvalue weighted by Crippen LogP contribution is -2.30. The van der Waals surface area contributed by atoms with E-state index in [0.717, 1.165) is 57.8 Å². The minimum absolute atomic E-state index is 0.0640. The maximum absolute atomic E-state index is 12.9. The maximum Gasteiger partial charge on any atom is 0.306 e. The summed E-state index contributed by atoms with van der Waals surface area (Å²) in [5.41, 5.74) is 0. The van der Waals surface area contributed by atoms with Crippen molar-refractivity contribution in [2.75, 3.05) is 13.2 Å². The van der Waals surface area contributed by atoms with Crippen LogP contribution >= 0.6 is 0 Å². The van der Waals surface area contributed by atoms with E-state index in [1.807, 2.05) is 0 Å². The Morgan fingerprint density at radius 2 is 0.429 bits per heavy atom. The Balaban J connectivity index is 3.96. The molecule has 0 aromatic rings. The molecular weight excluding hydrogens is 949 g/mol. The largest absolute Gasteiger partial charge is 0.462 e. The first-order valence-electron chi connectivity index (χ1n) is 35.2. The van der Waals surface area contributed by atoms with Gasteiger partial charge in [-0.2, -0.15) is 0 Å². The number of ether oxygens (including phenoxy) is 3. The molecule has 6 heteroatoms. The van der Waals surface area contributed by atoms with Gasteiger partial charge in [0.15, 0.2) is 6.10 Å². The van der Waals surface area contributed by atoms with Crippen LogP contribution in [-0.2, 0) is 28.6 Å². The predicted molar refractivity (Wildman–Crippen MR) is 335 cm³/mol. The molecule has 0 aliphatic heterocycles. The van der Waals surface area contributed by atoms with E-state index in [4.69, 9.17) is 14.2 Å². The molecule has 0 aromatic carbocycles. The number of rotatable bonds is 66. The van der Waals surface area contributed by atoms with Gasteiger partial charge >= 0.3 is 17.9 Å². The van der Waals surface area contributed by atoms with Crippen LogP contribution in [0.25, 0.3) is 0 Å². The molecule has 0 rings (SSSR count). The monoisotopic (exact) mass is 1090 g/mol. The molecule has 77 heavy (non-hydrogen) atoms. The molecule has 0 aliphatic carbocycles. The summed E-state index contributed by atoms with van der Waals surface area (Å²) in [6, 6.07) is 0. The highest BCUT2D eigenvalue weighted by molar-refractivity contribution is 5.71. The van der Waals surface area contributed by atoms with Gasteiger partial charge in [0, 0.05) is 19.3 Å². The number of carbonyl (C=O) groups is 3. The summed E-state index contributed by atoms with van der Waals surface area (Å²) in [4.78, 5) is 38.1. The van der Waals surface area contributed by atoms with Crippen LogP contribution in [0.15, 0.2) is 12.2 Å². The Labute approximate surface area is 481 Å². The summed E-state index contributed by atoms with van der Waals surface area (Å²) in [6.07, 6.45) is 80.1. The van der Waals surface area contributed by atoms with Crippen molar-refractivity contribution in [2.45, 2.75) is 412 Å². The van der Waals surface area contributed by atoms with Crippen LogP contribution in [0.3, 0.4) is 0 Å². The average molecular weight is 1090 g/mol. The van der Waals surface area contributed by atoms with Gasteiger partial charge in [-0.3, -0.25) is 14.4 Å². The van der Waals surface area contributed by atoms with Crippen LogP contribution in [0.2, 0.25) is 0 Å². The summed E-state index contributed by atoms with van der Waals surface area (Å²) in [7, 11) is 0. The van der Waals surface area contributed by atoms with Crippen molar-refractivity contribution in [2.24, 2.45) is 0 Å². The van der Waals surface area contributed by atoms with Gasteiger partial charge in [-0.1, -0.05) is 354 Å². The first-order chi connectivity index (χ1) is 38.0. The molecule has 6 nitrogen and oxygen atoms in total. The van der Waals surface area contributed by atoms with Crippen LogP contribution < -0.4 is 0 Å². The van der Waals surface area contributed by atoms with Crippen LogP contribution in [-0.4, -0.2) is 37.2 Å². The van der Waals surface area contributed by atoms with Crippen LogP contribution in [0, 0.1) is 0 Å². The van der Waals surface area contributed by atoms with Gasteiger partial charge in [0.05, 0.1) is 0 Å². The fourth-order valence-electron chi connectivity index (χ4n) is 11.0. The third-order valence-corrected chi connectivity index (χ3v) is 16.3. The molecule has 1 atom stereocenters. The first-order valence-corrected chi connectivity index (χ1v) is 35.2. The standard InChI is InChI=1S/C71H136O6/c1-4-7-10-13-16-18-20-22-24-26-28-30-32-34-35-36-38-39-41-43-45-47-49-51-53-55-58-61-64-70(73)76-67-68(66-75-69(72)63-60-57-15-12-9-6-3)77-71(74)65-62-59-56-54-52-50-48-46-44-42-40-37-33-31-29-27-25-23-21-19-17-14-11-8-5-2/h27,29,68H,4-26,28,30-67H2,1-3H3/b29-27-. The predicted octanol–water partition coefficient (Wildman–Crippen LogP) is 24.0. The van der Waals surface area contributed by atoms with Crippen molar-refractivity contribution in [3.05, 3.63) is 12.2 Å². The van der Waals surface area contributed by atoms with E-state index in [9.17, 15) is 14.4 Å². The minimum Gasteiger partial charge on any atom is -0.462 e. The van der Waals surface area contributed by atoms with Crippen molar-refractivity contribution < 1.29 is 28.6 Å². The molecule has 0 aliphatic rings. The second-order valence-electron chi connectivity index (χ2n) is 24.2. The number of carbonyl (C=O) groups excluding carboxylic acids is 3. The molecular formula is C71H136O6. The molecule has 0 amide bonds. The lowest BCUT2D eigenvalue weighted by molar-refractivity contribution is -0.167. The van der Waals surface area contributed by atoms with Gasteiger partial charge < -0.3 is 14.2 Å². The normalized spacial score (nSPS) is 12.0. The number of unbranched alkanes of at least 4 members (excludes halogenated alkanes) is 53. The molecule has 0 saturated carbocycles. The Kier molecular flexibility index (Phi) is 65.1. The number of esters is 3. The Morgan fingerprint density at radius 1 is 0.247 bits per heavy atom. The van der Waals surface area contributed by atoms with Crippen molar-refractivity contribution in [3.63, 3.8) is 0 Å². The van der Waals surface area contributed by atoms with Crippen molar-refractivity contribution in [1.82, 2.24) is 0 Å². The molecule has 0 N–H and O–H groups in total. The molecule has 0 fully saturated rings. The van der Waals surface area contributed by atoms with Crippen molar-refractivity contribution in [1.29, 1.82) is 0 Å². The van der Waals surface area contributed by atoms with Gasteiger partial charge in [-0.25, -0.2) is 0 Å². The maximum atomic E-state index is 12.9. The third-order valence-electron chi connectivity index (χ3n) is 16.3. The Hall–Kier alpha value is -1.85. The SMILES string of the molecule is CCCCCCCCCC/C=C\CCCCCCCCCCCCCCCC(=O)OC(COC(=O)CCCCCCCC)COC(=O)CCCCCCCCCCCCCCCCCCCCCCCCCCCCCC. The van der Waals surface area contributed by atoms with Gasteiger partial charge in [0.25, 0.3) is 0 Å². The summed E-state index contributed by atoms with van der Waals surface area (Å²) < 4.78 is 16.9. The number of allylic oxidation sites excluding steroid dienone is 2. The van der Waals surface area contributed by atoms with Gasteiger partial charge in [-0.15, -0.1) is 0 Å². The smallest absolute Gasteiger partial charge is 0.306 e. The highest BCUT2D eigenvalue weighted by atomic mass is 16.6. The Morgan fingerprint density at radius 3 is 0.649 bits per heavy atom. The summed E-state index contributed by atoms with van der Waals surface area (Å²) in [6.45, 7) is 6.66. The average Bonchev–Trinajstić information content (AvgIpc) is 3.43. The van der Waals surface area contributed by atoms with E-state index >= 15 is 0 Å². The second-order valence-corrected chi connectivity index (χ2v) is 24.2. The van der Waals surface area contributed by atoms with E-state index < -0.39 is 6.10 Å². The van der Waals surface area contributed by atoms with Crippen LogP contribution in [0.1, 0.15) is 406 Å². The molecule has 0 saturated heterocycles. The minimum atomic E-state index is -0.764. The fourth-order valence-corrected chi connectivity index (χ4v) is 11.0. The van der Waals surface area contributed by atoms with Crippen LogP contribution in [0.5, 0.6) is 0 Å². The summed E-state index contributed by atoms with van der Waals surface area (Å²) in [5.74, 6) is -0.844. The fraction of sp³-hybridized carbons (Fsp3) is 0.930. The van der Waals surface area contributed by atoms with E-state index in [-0.39, 0.29) is 31.1 Å². The van der Waals surface area contributed by atoms with Gasteiger partial charge in [0.2, 0.25) is 0 Å². The summed E-state index contributed by atoms with van der Waals surface area (Å²) >= 11 is 0. The highest BCUT2D eigenvalue weighted by Gasteiger charge is 2.19. The molecule has 0 radical (unpaired) electrons. The lowest BCUT2D eigenvalue weighted by Gasteiger charge is -2.18. The third kappa shape index (κ3) is 64.9. The molecule has 1 unspecified atom stereocenters. The zero-order valence-corrected chi connectivity index (χ0v) is 52.5. The second kappa shape index (κ2) is 66.7. The van der Waals surface area contributed by atoms with E-state index in [1.165, 1.54) is 308 Å². The van der Waals surface area contributed by atoms with E-state index in [0.29, 0.717) is 19.3 Å². The lowest BCUT2D eigenvalue weighted by atomic mass is 10.0. The van der Waals surface area contributed by atoms with E-state index in [1.54, 1.807) is 0 Å². The quantitative estimate of drug-likeness (QED) is 0.0261. The highest BCUT2D eigenvalue weighted by Crippen LogP contribution is 2.19. The zero-order chi connectivity index (χ0) is 55.7. The van der Waals surface area contributed by atoms with E-state index in [2.05, 4.69) is 32.9 Å². The van der Waals surface area contributed by atoms with Gasteiger partial charge in [-0.05, 0) is 44.9 Å². The topological polar surface area (TPSA) is 78.9 Å². The van der Waals surface area contributed by atoms with Crippen molar-refractivity contribution in [3.8, 4) is 0 Å². The van der Waals surface area contributed by atoms with Crippen molar-refractivity contribution >= 4 is 17.9 Å². The van der Waals surface area contributed by atoms with Crippen LogP contribution in [0.4, 0.5) is 0 Å². The molecule has 0 bridgehead atoms. The first kappa shape index (κ1) is 75.2. The zero-order valence-electron chi connectivity index (χ0n) is 52.5. The van der Waals surface area contributed by atoms with Gasteiger partial charge in [0.1, 0.15) is 13.2 Å². The summed E-state index contributed by atoms with van der Waals surface area (Å²) in [5, 5.41) is 0. The Bertz CT molecular complexity index is 1200. The number of hydrogen-bond donors (Lipinski definition) is 0. The number of hydrogen-bond acceptors (Lipinski definition) is 6. The molecule has 0 aromatic heterocycles.